The molecule has 0 aliphatic heterocycles. The topological polar surface area (TPSA) is 9.23 Å². The summed E-state index contributed by atoms with van der Waals surface area (Å²) in [5.41, 5.74) is 2.09. The molecule has 0 fully saturated rings. The fourth-order valence-corrected chi connectivity index (χ4v) is 1.08. The summed E-state index contributed by atoms with van der Waals surface area (Å²) < 4.78 is 5.25. The van der Waals surface area contributed by atoms with Crippen molar-refractivity contribution >= 4 is 6.08 Å². The predicted octanol–water partition coefficient (Wildman–Crippen LogP) is 3.16. The molecule has 0 unspecified atom stereocenters. The number of hydrogen-bond donors (Lipinski definition) is 0. The molecular formula is C11H12O. The van der Waals surface area contributed by atoms with Crippen LogP contribution in [0, 0.1) is 6.92 Å². The standard InChI is InChI=1S/C11H12O/c1-4-10-8-6-7-9(3)11(10)12-5-2/h4-8H,1-2H2,3H3. The SMILES string of the molecule is C=COc1c(C)cccc1C=C. The van der Waals surface area contributed by atoms with E-state index in [0.29, 0.717) is 0 Å². The fraction of sp³-hybridized carbons (Fsp3) is 0.0909. The van der Waals surface area contributed by atoms with Gasteiger partial charge in [-0.3, -0.25) is 0 Å². The third-order valence-corrected chi connectivity index (χ3v) is 1.66. The van der Waals surface area contributed by atoms with E-state index in [0.717, 1.165) is 16.9 Å². The second kappa shape index (κ2) is 3.77. The van der Waals surface area contributed by atoms with Crippen molar-refractivity contribution in [3.8, 4) is 5.75 Å². The first-order valence-corrected chi connectivity index (χ1v) is 3.79. The number of ether oxygens (including phenoxy) is 1. The Kier molecular flexibility index (Phi) is 2.70. The van der Waals surface area contributed by atoms with E-state index in [1.54, 1.807) is 6.08 Å². The van der Waals surface area contributed by atoms with Gasteiger partial charge in [-0.1, -0.05) is 37.4 Å². The first-order valence-electron chi connectivity index (χ1n) is 3.79. The lowest BCUT2D eigenvalue weighted by molar-refractivity contribution is 0.478. The average molecular weight is 160 g/mol. The van der Waals surface area contributed by atoms with Crippen LogP contribution in [-0.2, 0) is 0 Å². The third kappa shape index (κ3) is 1.56. The molecule has 0 saturated carbocycles. The molecule has 0 saturated heterocycles. The molecule has 1 nitrogen and oxygen atoms in total. The highest BCUT2D eigenvalue weighted by atomic mass is 16.5. The second-order valence-corrected chi connectivity index (χ2v) is 2.48. The van der Waals surface area contributed by atoms with Crippen LogP contribution in [0.25, 0.3) is 6.08 Å². The zero-order valence-corrected chi connectivity index (χ0v) is 7.21. The van der Waals surface area contributed by atoms with Crippen LogP contribution in [0.1, 0.15) is 11.1 Å². The molecule has 0 atom stereocenters. The lowest BCUT2D eigenvalue weighted by Crippen LogP contribution is -1.88. The van der Waals surface area contributed by atoms with E-state index >= 15 is 0 Å². The van der Waals surface area contributed by atoms with Gasteiger partial charge in [0.1, 0.15) is 5.75 Å². The van der Waals surface area contributed by atoms with Crippen molar-refractivity contribution < 1.29 is 4.74 Å². The highest BCUT2D eigenvalue weighted by Gasteiger charge is 2.01. The Bertz CT molecular complexity index is 300. The van der Waals surface area contributed by atoms with E-state index in [4.69, 9.17) is 4.74 Å². The van der Waals surface area contributed by atoms with E-state index in [9.17, 15) is 0 Å². The summed E-state index contributed by atoms with van der Waals surface area (Å²) in [5, 5.41) is 0. The van der Waals surface area contributed by atoms with Crippen molar-refractivity contribution in [2.45, 2.75) is 6.92 Å². The fourth-order valence-electron chi connectivity index (χ4n) is 1.08. The molecule has 1 heteroatoms. The van der Waals surface area contributed by atoms with Crippen LogP contribution in [0.3, 0.4) is 0 Å². The summed E-state index contributed by atoms with van der Waals surface area (Å²) >= 11 is 0. The zero-order valence-electron chi connectivity index (χ0n) is 7.21. The Morgan fingerprint density at radius 3 is 2.67 bits per heavy atom. The van der Waals surface area contributed by atoms with Crippen LogP contribution >= 0.6 is 0 Å². The van der Waals surface area contributed by atoms with Gasteiger partial charge in [0.25, 0.3) is 0 Å². The molecule has 0 radical (unpaired) electrons. The van der Waals surface area contributed by atoms with Gasteiger partial charge >= 0.3 is 0 Å². The molecule has 62 valence electrons. The van der Waals surface area contributed by atoms with E-state index < -0.39 is 0 Å². The van der Waals surface area contributed by atoms with Gasteiger partial charge in [0, 0.05) is 5.56 Å². The van der Waals surface area contributed by atoms with Gasteiger partial charge in [0.2, 0.25) is 0 Å². The molecular weight excluding hydrogens is 148 g/mol. The van der Waals surface area contributed by atoms with Crippen molar-refractivity contribution in [3.05, 3.63) is 48.7 Å². The Hall–Kier alpha value is -1.50. The molecule has 0 bridgehead atoms. The number of rotatable bonds is 3. The molecule has 0 aliphatic carbocycles. The van der Waals surface area contributed by atoms with Crippen LogP contribution in [0.4, 0.5) is 0 Å². The Labute approximate surface area is 73.0 Å². The van der Waals surface area contributed by atoms with Gasteiger partial charge in [0.15, 0.2) is 0 Å². The lowest BCUT2D eigenvalue weighted by atomic mass is 10.1. The molecule has 0 aliphatic rings. The maximum atomic E-state index is 5.25. The molecule has 12 heavy (non-hydrogen) atoms. The van der Waals surface area contributed by atoms with Crippen LogP contribution in [0.2, 0.25) is 0 Å². The van der Waals surface area contributed by atoms with Crippen LogP contribution in [0.5, 0.6) is 5.75 Å². The number of aryl methyl sites for hydroxylation is 1. The summed E-state index contributed by atoms with van der Waals surface area (Å²) in [7, 11) is 0. The third-order valence-electron chi connectivity index (χ3n) is 1.66. The maximum absolute atomic E-state index is 5.25. The van der Waals surface area contributed by atoms with Gasteiger partial charge < -0.3 is 4.74 Å². The quantitative estimate of drug-likeness (QED) is 0.617. The molecule has 0 aromatic heterocycles. The van der Waals surface area contributed by atoms with Gasteiger partial charge in [-0.15, -0.1) is 0 Å². The van der Waals surface area contributed by atoms with Crippen molar-refractivity contribution in [1.82, 2.24) is 0 Å². The molecule has 1 aromatic rings. The van der Waals surface area contributed by atoms with E-state index in [1.807, 2.05) is 25.1 Å². The largest absolute Gasteiger partial charge is 0.465 e. The maximum Gasteiger partial charge on any atom is 0.136 e. The first kappa shape index (κ1) is 8.60. The Balaban J connectivity index is 3.18. The smallest absolute Gasteiger partial charge is 0.136 e. The van der Waals surface area contributed by atoms with Gasteiger partial charge in [-0.25, -0.2) is 0 Å². The van der Waals surface area contributed by atoms with Crippen LogP contribution in [0.15, 0.2) is 37.6 Å². The summed E-state index contributed by atoms with van der Waals surface area (Å²) in [6, 6.07) is 5.92. The predicted molar refractivity (Wildman–Crippen MR) is 52.1 cm³/mol. The number of benzene rings is 1. The van der Waals surface area contributed by atoms with E-state index in [-0.39, 0.29) is 0 Å². The van der Waals surface area contributed by atoms with Crippen molar-refractivity contribution in [2.75, 3.05) is 0 Å². The summed E-state index contributed by atoms with van der Waals surface area (Å²) in [6.07, 6.45) is 3.20. The zero-order chi connectivity index (χ0) is 8.97. The first-order chi connectivity index (χ1) is 5.79. The monoisotopic (exact) mass is 160 g/mol. The summed E-state index contributed by atoms with van der Waals surface area (Å²) in [5.74, 6) is 0.836. The van der Waals surface area contributed by atoms with Crippen LogP contribution in [-0.4, -0.2) is 0 Å². The summed E-state index contributed by atoms with van der Waals surface area (Å²) in [4.78, 5) is 0. The molecule has 0 heterocycles. The minimum absolute atomic E-state index is 0.836. The van der Waals surface area contributed by atoms with Gasteiger partial charge in [-0.2, -0.15) is 0 Å². The minimum atomic E-state index is 0.836. The lowest BCUT2D eigenvalue weighted by Gasteiger charge is -2.07. The minimum Gasteiger partial charge on any atom is -0.465 e. The Morgan fingerprint density at radius 1 is 1.33 bits per heavy atom. The second-order valence-electron chi connectivity index (χ2n) is 2.48. The molecule has 0 spiro atoms. The molecule has 1 aromatic carbocycles. The van der Waals surface area contributed by atoms with Crippen molar-refractivity contribution in [2.24, 2.45) is 0 Å². The van der Waals surface area contributed by atoms with Gasteiger partial charge in [0.05, 0.1) is 6.26 Å². The summed E-state index contributed by atoms with van der Waals surface area (Å²) in [6.45, 7) is 9.21. The number of para-hydroxylation sites is 1. The highest BCUT2D eigenvalue weighted by Crippen LogP contribution is 2.24. The van der Waals surface area contributed by atoms with Crippen LogP contribution < -0.4 is 4.74 Å². The highest BCUT2D eigenvalue weighted by molar-refractivity contribution is 5.58. The van der Waals surface area contributed by atoms with Crippen molar-refractivity contribution in [3.63, 3.8) is 0 Å². The van der Waals surface area contributed by atoms with Crippen molar-refractivity contribution in [1.29, 1.82) is 0 Å². The van der Waals surface area contributed by atoms with E-state index in [2.05, 4.69) is 13.2 Å². The van der Waals surface area contributed by atoms with E-state index in [1.165, 1.54) is 6.26 Å². The molecule has 1 rings (SSSR count). The molecule has 0 N–H and O–H groups in total. The van der Waals surface area contributed by atoms with Gasteiger partial charge in [-0.05, 0) is 12.5 Å². The normalized spacial score (nSPS) is 9.08. The average Bonchev–Trinajstić information content (AvgIpc) is 2.09. The number of hydrogen-bond acceptors (Lipinski definition) is 1. The molecule has 0 amide bonds. The Morgan fingerprint density at radius 2 is 2.08 bits per heavy atom.